The predicted octanol–water partition coefficient (Wildman–Crippen LogP) is 6.69. The Morgan fingerprint density at radius 2 is 1.50 bits per heavy atom. The van der Waals surface area contributed by atoms with Gasteiger partial charge in [-0.3, -0.25) is 0 Å². The summed E-state index contributed by atoms with van der Waals surface area (Å²) in [4.78, 5) is 11.6. The Hall–Kier alpha value is -2.35. The molecule has 3 rings (SSSR count). The molecule has 0 fully saturated rings. The summed E-state index contributed by atoms with van der Waals surface area (Å²) >= 11 is 0. The van der Waals surface area contributed by atoms with Crippen LogP contribution in [0.15, 0.2) is 36.4 Å². The molecule has 0 bridgehead atoms. The van der Waals surface area contributed by atoms with Crippen molar-refractivity contribution in [3.8, 4) is 0 Å². The van der Waals surface area contributed by atoms with E-state index in [4.69, 9.17) is 4.74 Å². The average Bonchev–Trinajstić information content (AvgIpc) is 2.65. The van der Waals surface area contributed by atoms with E-state index in [9.17, 15) is 4.79 Å². The van der Waals surface area contributed by atoms with Gasteiger partial charge in [-0.25, -0.2) is 4.79 Å². The fourth-order valence-corrected chi connectivity index (χ4v) is 4.31. The summed E-state index contributed by atoms with van der Waals surface area (Å²) in [5, 5.41) is 0. The Morgan fingerprint density at radius 1 is 0.964 bits per heavy atom. The van der Waals surface area contributed by atoms with Crippen molar-refractivity contribution in [1.29, 1.82) is 0 Å². The Morgan fingerprint density at radius 3 is 2.04 bits per heavy atom. The number of methoxy groups -OCH3 is 1. The molecule has 2 nitrogen and oxygen atoms in total. The molecule has 1 aliphatic rings. The minimum atomic E-state index is -0.303. The summed E-state index contributed by atoms with van der Waals surface area (Å²) in [5.41, 5.74) is 8.95. The molecule has 1 aliphatic carbocycles. The smallest absolute Gasteiger partial charge is 0.337 e. The maximum atomic E-state index is 11.6. The first-order valence-electron chi connectivity index (χ1n) is 10.1. The first-order valence-corrected chi connectivity index (χ1v) is 10.1. The van der Waals surface area contributed by atoms with Crippen LogP contribution >= 0.6 is 0 Å². The summed E-state index contributed by atoms with van der Waals surface area (Å²) in [6, 6.07) is 12.4. The van der Waals surface area contributed by atoms with Crippen molar-refractivity contribution in [3.05, 3.63) is 69.8 Å². The molecule has 0 unspecified atom stereocenters. The molecule has 0 aromatic heterocycles. The van der Waals surface area contributed by atoms with Crippen LogP contribution in [0.1, 0.15) is 85.6 Å². The molecule has 0 heterocycles. The van der Waals surface area contributed by atoms with Gasteiger partial charge in [0, 0.05) is 0 Å². The third-order valence-corrected chi connectivity index (χ3v) is 6.34. The highest BCUT2D eigenvalue weighted by Gasteiger charge is 2.37. The number of rotatable bonds is 3. The Bertz CT molecular complexity index is 928. The molecule has 0 saturated carbocycles. The molecule has 0 saturated heterocycles. The molecule has 0 radical (unpaired) electrons. The Labute approximate surface area is 169 Å². The van der Waals surface area contributed by atoms with Gasteiger partial charge >= 0.3 is 5.97 Å². The molecule has 148 valence electrons. The largest absolute Gasteiger partial charge is 0.465 e. The maximum Gasteiger partial charge on any atom is 0.337 e. The molecule has 28 heavy (non-hydrogen) atoms. The highest BCUT2D eigenvalue weighted by molar-refractivity contribution is 5.90. The molecular formula is C26H32O2. The van der Waals surface area contributed by atoms with Crippen LogP contribution in [-0.2, 0) is 15.6 Å². The third kappa shape index (κ3) is 3.78. The number of hydrogen-bond acceptors (Lipinski definition) is 2. The second-order valence-electron chi connectivity index (χ2n) is 9.42. The number of esters is 1. The van der Waals surface area contributed by atoms with E-state index in [-0.39, 0.29) is 16.8 Å². The van der Waals surface area contributed by atoms with E-state index < -0.39 is 0 Å². The van der Waals surface area contributed by atoms with Gasteiger partial charge in [-0.15, -0.1) is 0 Å². The SMILES string of the molecule is COC(=O)c1ccc(C=C(C)c2cc3c(cc2C)C(C)(C)CCC3(C)C)cc1. The van der Waals surface area contributed by atoms with E-state index in [1.54, 1.807) is 0 Å². The van der Waals surface area contributed by atoms with Gasteiger partial charge in [0.05, 0.1) is 12.7 Å². The van der Waals surface area contributed by atoms with Crippen molar-refractivity contribution in [1.82, 2.24) is 0 Å². The summed E-state index contributed by atoms with van der Waals surface area (Å²) in [5.74, 6) is -0.303. The van der Waals surface area contributed by atoms with Crippen LogP contribution < -0.4 is 0 Å². The van der Waals surface area contributed by atoms with Crippen molar-refractivity contribution < 1.29 is 9.53 Å². The van der Waals surface area contributed by atoms with Crippen LogP contribution in [0.5, 0.6) is 0 Å². The topological polar surface area (TPSA) is 26.3 Å². The van der Waals surface area contributed by atoms with Crippen LogP contribution in [0.4, 0.5) is 0 Å². The minimum Gasteiger partial charge on any atom is -0.465 e. The zero-order valence-electron chi connectivity index (χ0n) is 18.3. The standard InChI is InChI=1S/C26H32O2/c1-17(14-19-8-10-20(11-9-19)24(27)28-7)21-16-23-22(15-18(21)2)25(3,4)12-13-26(23,5)6/h8-11,14-16H,12-13H2,1-7H3. The highest BCUT2D eigenvalue weighted by atomic mass is 16.5. The van der Waals surface area contributed by atoms with E-state index in [1.807, 2.05) is 24.3 Å². The molecule has 0 N–H and O–H groups in total. The second-order valence-corrected chi connectivity index (χ2v) is 9.42. The predicted molar refractivity (Wildman–Crippen MR) is 118 cm³/mol. The second kappa shape index (κ2) is 7.24. The van der Waals surface area contributed by atoms with Gasteiger partial charge in [-0.1, -0.05) is 58.0 Å². The van der Waals surface area contributed by atoms with Gasteiger partial charge in [0.2, 0.25) is 0 Å². The van der Waals surface area contributed by atoms with Crippen molar-refractivity contribution in [2.75, 3.05) is 7.11 Å². The fraction of sp³-hybridized carbons (Fsp3) is 0.423. The van der Waals surface area contributed by atoms with E-state index in [0.717, 1.165) is 5.56 Å². The maximum absolute atomic E-state index is 11.6. The molecule has 0 spiro atoms. The monoisotopic (exact) mass is 376 g/mol. The number of carbonyl (C=O) groups is 1. The fourth-order valence-electron chi connectivity index (χ4n) is 4.31. The van der Waals surface area contributed by atoms with Gasteiger partial charge in [0.15, 0.2) is 0 Å². The summed E-state index contributed by atoms with van der Waals surface area (Å²) in [7, 11) is 1.40. The number of hydrogen-bond donors (Lipinski definition) is 0. The lowest BCUT2D eigenvalue weighted by Gasteiger charge is -2.42. The quantitative estimate of drug-likeness (QED) is 0.440. The van der Waals surface area contributed by atoms with Crippen molar-refractivity contribution in [2.24, 2.45) is 0 Å². The number of aryl methyl sites for hydroxylation is 1. The van der Waals surface area contributed by atoms with Crippen LogP contribution in [-0.4, -0.2) is 13.1 Å². The molecule has 2 aromatic carbocycles. The number of benzene rings is 2. The number of ether oxygens (including phenoxy) is 1. The average molecular weight is 377 g/mol. The summed E-state index contributed by atoms with van der Waals surface area (Å²) in [6.07, 6.45) is 4.64. The molecular weight excluding hydrogens is 344 g/mol. The van der Waals surface area contributed by atoms with Gasteiger partial charge in [-0.2, -0.15) is 0 Å². The lowest BCUT2D eigenvalue weighted by molar-refractivity contribution is 0.0600. The number of allylic oxidation sites excluding steroid dienone is 1. The number of fused-ring (bicyclic) bond motifs is 1. The highest BCUT2D eigenvalue weighted by Crippen LogP contribution is 2.47. The van der Waals surface area contributed by atoms with Gasteiger partial charge < -0.3 is 4.74 Å². The minimum absolute atomic E-state index is 0.204. The zero-order chi connectivity index (χ0) is 20.7. The lowest BCUT2D eigenvalue weighted by atomic mass is 9.62. The van der Waals surface area contributed by atoms with E-state index in [1.165, 1.54) is 47.8 Å². The third-order valence-electron chi connectivity index (χ3n) is 6.34. The first-order chi connectivity index (χ1) is 13.0. The van der Waals surface area contributed by atoms with Gasteiger partial charge in [0.1, 0.15) is 0 Å². The van der Waals surface area contributed by atoms with Crippen molar-refractivity contribution in [2.45, 2.75) is 65.2 Å². The molecule has 2 aromatic rings. The van der Waals surface area contributed by atoms with E-state index >= 15 is 0 Å². The van der Waals surface area contributed by atoms with Gasteiger partial charge in [0.25, 0.3) is 0 Å². The van der Waals surface area contributed by atoms with Gasteiger partial charge in [-0.05, 0) is 83.0 Å². The van der Waals surface area contributed by atoms with E-state index in [2.05, 4.69) is 59.8 Å². The Balaban J connectivity index is 2.02. The summed E-state index contributed by atoms with van der Waals surface area (Å²) in [6.45, 7) is 13.8. The number of carbonyl (C=O) groups excluding carboxylic acids is 1. The normalized spacial score (nSPS) is 17.8. The molecule has 2 heteroatoms. The molecule has 0 amide bonds. The van der Waals surface area contributed by atoms with Crippen LogP contribution in [0, 0.1) is 6.92 Å². The van der Waals surface area contributed by atoms with Crippen LogP contribution in [0.2, 0.25) is 0 Å². The molecule has 0 aliphatic heterocycles. The van der Waals surface area contributed by atoms with Crippen molar-refractivity contribution in [3.63, 3.8) is 0 Å². The molecule has 0 atom stereocenters. The lowest BCUT2D eigenvalue weighted by Crippen LogP contribution is -2.34. The van der Waals surface area contributed by atoms with Crippen molar-refractivity contribution >= 4 is 17.6 Å². The van der Waals surface area contributed by atoms with Crippen LogP contribution in [0.3, 0.4) is 0 Å². The first kappa shape index (κ1) is 20.4. The summed E-state index contributed by atoms with van der Waals surface area (Å²) < 4.78 is 4.78. The van der Waals surface area contributed by atoms with Crippen LogP contribution in [0.25, 0.3) is 11.6 Å². The van der Waals surface area contributed by atoms with E-state index in [0.29, 0.717) is 5.56 Å². The Kier molecular flexibility index (Phi) is 5.27. The zero-order valence-corrected chi connectivity index (χ0v) is 18.3.